The van der Waals surface area contributed by atoms with Crippen molar-refractivity contribution in [3.63, 3.8) is 0 Å². The standard InChI is InChI=1S/C17H15N3O3S/c1-2-9-3-5-12(11(7-9)16(22)23)19-15(21)10-4-6-13-14(8-10)24-17(18)20-13/h3-8H,2H2,1H3,(H2,18,20)(H,19,21)(H,22,23). The first-order valence-electron chi connectivity index (χ1n) is 7.31. The molecule has 0 saturated heterocycles. The molecule has 0 fully saturated rings. The molecule has 0 unspecified atom stereocenters. The van der Waals surface area contributed by atoms with Crippen molar-refractivity contribution in [2.75, 3.05) is 11.1 Å². The summed E-state index contributed by atoms with van der Waals surface area (Å²) in [5.41, 5.74) is 8.05. The van der Waals surface area contributed by atoms with E-state index < -0.39 is 5.97 Å². The van der Waals surface area contributed by atoms with E-state index in [-0.39, 0.29) is 17.2 Å². The number of nitrogens with one attached hydrogen (secondary N) is 1. The lowest BCUT2D eigenvalue weighted by Gasteiger charge is -2.10. The Hall–Kier alpha value is -2.93. The lowest BCUT2D eigenvalue weighted by molar-refractivity contribution is 0.0698. The highest BCUT2D eigenvalue weighted by molar-refractivity contribution is 7.22. The fourth-order valence-electron chi connectivity index (χ4n) is 2.38. The van der Waals surface area contributed by atoms with Gasteiger partial charge in [0, 0.05) is 5.56 Å². The van der Waals surface area contributed by atoms with Crippen LogP contribution in [0.4, 0.5) is 10.8 Å². The van der Waals surface area contributed by atoms with Crippen LogP contribution >= 0.6 is 11.3 Å². The van der Waals surface area contributed by atoms with Crippen LogP contribution in [0.2, 0.25) is 0 Å². The smallest absolute Gasteiger partial charge is 0.337 e. The molecule has 1 amide bonds. The van der Waals surface area contributed by atoms with Gasteiger partial charge in [-0.05, 0) is 42.3 Å². The summed E-state index contributed by atoms with van der Waals surface area (Å²) in [5.74, 6) is -1.46. The molecule has 0 aliphatic carbocycles. The highest BCUT2D eigenvalue weighted by Crippen LogP contribution is 2.25. The van der Waals surface area contributed by atoms with Crippen LogP contribution in [0.3, 0.4) is 0 Å². The lowest BCUT2D eigenvalue weighted by Crippen LogP contribution is -2.15. The van der Waals surface area contributed by atoms with Crippen molar-refractivity contribution in [3.05, 3.63) is 53.1 Å². The van der Waals surface area contributed by atoms with Gasteiger partial charge in [-0.1, -0.05) is 24.3 Å². The second-order valence-corrected chi connectivity index (χ2v) is 6.29. The molecule has 7 heteroatoms. The molecule has 0 spiro atoms. The number of anilines is 2. The summed E-state index contributed by atoms with van der Waals surface area (Å²) in [6, 6.07) is 10.0. The van der Waals surface area contributed by atoms with Gasteiger partial charge in [-0.15, -0.1) is 0 Å². The number of carbonyl (C=O) groups is 2. The number of fused-ring (bicyclic) bond motifs is 1. The molecule has 2 aromatic carbocycles. The summed E-state index contributed by atoms with van der Waals surface area (Å²) in [7, 11) is 0. The summed E-state index contributed by atoms with van der Waals surface area (Å²) < 4.78 is 0.805. The summed E-state index contributed by atoms with van der Waals surface area (Å²) in [5, 5.41) is 12.4. The van der Waals surface area contributed by atoms with Gasteiger partial charge in [0.1, 0.15) is 0 Å². The highest BCUT2D eigenvalue weighted by atomic mass is 32.1. The molecule has 122 valence electrons. The highest BCUT2D eigenvalue weighted by Gasteiger charge is 2.15. The van der Waals surface area contributed by atoms with Crippen molar-refractivity contribution in [2.24, 2.45) is 0 Å². The number of nitrogens with two attached hydrogens (primary N) is 1. The van der Waals surface area contributed by atoms with Crippen LogP contribution in [0.1, 0.15) is 33.2 Å². The zero-order valence-electron chi connectivity index (χ0n) is 12.9. The van der Waals surface area contributed by atoms with Crippen molar-refractivity contribution >= 4 is 44.2 Å². The van der Waals surface area contributed by atoms with E-state index in [1.165, 1.54) is 11.3 Å². The number of carbonyl (C=O) groups excluding carboxylic acids is 1. The largest absolute Gasteiger partial charge is 0.478 e. The van der Waals surface area contributed by atoms with E-state index >= 15 is 0 Å². The van der Waals surface area contributed by atoms with Crippen LogP contribution in [0, 0.1) is 0 Å². The predicted octanol–water partition coefficient (Wildman–Crippen LogP) is 3.39. The monoisotopic (exact) mass is 341 g/mol. The van der Waals surface area contributed by atoms with Crippen LogP contribution in [0.25, 0.3) is 10.2 Å². The Morgan fingerprint density at radius 3 is 2.75 bits per heavy atom. The van der Waals surface area contributed by atoms with Crippen LogP contribution in [0.15, 0.2) is 36.4 Å². The molecule has 0 aliphatic heterocycles. The Morgan fingerprint density at radius 1 is 1.25 bits per heavy atom. The van der Waals surface area contributed by atoms with Crippen LogP contribution in [0.5, 0.6) is 0 Å². The first kappa shape index (κ1) is 15.9. The fourth-order valence-corrected chi connectivity index (χ4v) is 3.15. The van der Waals surface area contributed by atoms with Gasteiger partial charge in [0.2, 0.25) is 0 Å². The summed E-state index contributed by atoms with van der Waals surface area (Å²) >= 11 is 1.30. The van der Waals surface area contributed by atoms with E-state index in [9.17, 15) is 14.7 Å². The number of thiazole rings is 1. The number of hydrogen-bond donors (Lipinski definition) is 3. The maximum atomic E-state index is 12.4. The number of nitrogen functional groups attached to an aromatic ring is 1. The van der Waals surface area contributed by atoms with Crippen molar-refractivity contribution in [3.8, 4) is 0 Å². The molecule has 0 atom stereocenters. The molecule has 0 radical (unpaired) electrons. The number of hydrogen-bond acceptors (Lipinski definition) is 5. The van der Waals surface area contributed by atoms with Gasteiger partial charge in [0.05, 0.1) is 21.5 Å². The molecule has 1 aromatic heterocycles. The summed E-state index contributed by atoms with van der Waals surface area (Å²) in [6.45, 7) is 1.94. The Morgan fingerprint density at radius 2 is 2.04 bits per heavy atom. The second kappa shape index (κ2) is 6.29. The average molecular weight is 341 g/mol. The SMILES string of the molecule is CCc1ccc(NC(=O)c2ccc3nc(N)sc3c2)c(C(=O)O)c1. The first-order chi connectivity index (χ1) is 11.5. The summed E-state index contributed by atoms with van der Waals surface area (Å²) in [6.07, 6.45) is 0.720. The Labute approximate surface area is 141 Å². The van der Waals surface area contributed by atoms with Crippen LogP contribution < -0.4 is 11.1 Å². The number of aryl methyl sites for hydroxylation is 1. The second-order valence-electron chi connectivity index (χ2n) is 5.23. The maximum Gasteiger partial charge on any atom is 0.337 e. The molecule has 0 bridgehead atoms. The number of aromatic nitrogens is 1. The third kappa shape index (κ3) is 3.07. The van der Waals surface area contributed by atoms with Gasteiger partial charge in [-0.3, -0.25) is 4.79 Å². The predicted molar refractivity (Wildman–Crippen MR) is 94.8 cm³/mol. The fraction of sp³-hybridized carbons (Fsp3) is 0.118. The molecule has 24 heavy (non-hydrogen) atoms. The molecule has 3 aromatic rings. The van der Waals surface area contributed by atoms with Crippen LogP contribution in [-0.2, 0) is 6.42 Å². The maximum absolute atomic E-state index is 12.4. The van der Waals surface area contributed by atoms with Gasteiger partial charge >= 0.3 is 5.97 Å². The molecule has 6 nitrogen and oxygen atoms in total. The molecule has 1 heterocycles. The van der Waals surface area contributed by atoms with E-state index in [1.54, 1.807) is 36.4 Å². The van der Waals surface area contributed by atoms with Crippen molar-refractivity contribution in [2.45, 2.75) is 13.3 Å². The number of nitrogens with zero attached hydrogens (tertiary/aromatic N) is 1. The lowest BCUT2D eigenvalue weighted by atomic mass is 10.1. The van der Waals surface area contributed by atoms with E-state index in [4.69, 9.17) is 5.73 Å². The number of amides is 1. The Bertz CT molecular complexity index is 949. The molecular weight excluding hydrogens is 326 g/mol. The molecule has 4 N–H and O–H groups in total. The Balaban J connectivity index is 1.91. The minimum atomic E-state index is -1.08. The first-order valence-corrected chi connectivity index (χ1v) is 8.13. The van der Waals surface area contributed by atoms with Gasteiger partial charge in [-0.2, -0.15) is 0 Å². The summed E-state index contributed by atoms with van der Waals surface area (Å²) in [4.78, 5) is 28.0. The molecule has 0 aliphatic rings. The average Bonchev–Trinajstić information content (AvgIpc) is 2.93. The number of aromatic carboxylic acids is 1. The number of carboxylic acids is 1. The van der Waals surface area contributed by atoms with Gasteiger partial charge in [0.25, 0.3) is 5.91 Å². The molecule has 0 saturated carbocycles. The van der Waals surface area contributed by atoms with E-state index in [0.717, 1.165) is 22.2 Å². The Kier molecular flexibility index (Phi) is 4.18. The topological polar surface area (TPSA) is 105 Å². The number of rotatable bonds is 4. The van der Waals surface area contributed by atoms with Crippen molar-refractivity contribution < 1.29 is 14.7 Å². The van der Waals surface area contributed by atoms with Gasteiger partial charge in [0.15, 0.2) is 5.13 Å². The quantitative estimate of drug-likeness (QED) is 0.674. The van der Waals surface area contributed by atoms with Crippen molar-refractivity contribution in [1.29, 1.82) is 0 Å². The number of benzene rings is 2. The number of carboxylic acid groups (broad SMARTS) is 1. The zero-order chi connectivity index (χ0) is 17.3. The van der Waals surface area contributed by atoms with Gasteiger partial charge in [-0.25, -0.2) is 9.78 Å². The minimum absolute atomic E-state index is 0.0748. The zero-order valence-corrected chi connectivity index (χ0v) is 13.7. The molecule has 3 rings (SSSR count). The van der Waals surface area contributed by atoms with Gasteiger partial charge < -0.3 is 16.2 Å². The third-order valence-corrected chi connectivity index (χ3v) is 4.49. The van der Waals surface area contributed by atoms with E-state index in [1.807, 2.05) is 6.92 Å². The third-order valence-electron chi connectivity index (χ3n) is 3.64. The van der Waals surface area contributed by atoms with Crippen molar-refractivity contribution in [1.82, 2.24) is 4.98 Å². The van der Waals surface area contributed by atoms with E-state index in [2.05, 4.69) is 10.3 Å². The molecular formula is C17H15N3O3S. The van der Waals surface area contributed by atoms with Crippen LogP contribution in [-0.4, -0.2) is 22.0 Å². The minimum Gasteiger partial charge on any atom is -0.478 e. The normalized spacial score (nSPS) is 10.7. The van der Waals surface area contributed by atoms with E-state index in [0.29, 0.717) is 10.7 Å².